The van der Waals surface area contributed by atoms with E-state index in [-0.39, 0.29) is 24.2 Å². The maximum absolute atomic E-state index is 15.5. The number of hydrogen-bond donors (Lipinski definition) is 1. The van der Waals surface area contributed by atoms with Crippen LogP contribution in [0.1, 0.15) is 79.7 Å². The Labute approximate surface area is 341 Å². The molecule has 2 N–H and O–H groups in total. The first-order chi connectivity index (χ1) is 27.3. The molecule has 5 heterocycles. The highest BCUT2D eigenvalue weighted by molar-refractivity contribution is 6.35. The number of halogens is 2. The summed E-state index contributed by atoms with van der Waals surface area (Å²) in [7, 11) is 0. The number of aromatic nitrogens is 5. The fraction of sp³-hybridized carbons (Fsp3) is 0.267. The Morgan fingerprint density at radius 2 is 1.65 bits per heavy atom. The molecule has 0 saturated heterocycles. The van der Waals surface area contributed by atoms with Gasteiger partial charge in [-0.25, -0.2) is 9.97 Å². The molecule has 3 aromatic carbocycles. The maximum Gasteiger partial charge on any atom is 0.275 e. The topological polar surface area (TPSA) is 121 Å². The number of amides is 2. The fourth-order valence-electron chi connectivity index (χ4n) is 8.53. The number of rotatable bonds is 10. The van der Waals surface area contributed by atoms with Gasteiger partial charge in [-0.3, -0.25) is 14.6 Å². The Kier molecular flexibility index (Phi) is 10.0. The van der Waals surface area contributed by atoms with E-state index in [1.165, 1.54) is 0 Å². The molecule has 0 radical (unpaired) electrons. The third-order valence-electron chi connectivity index (χ3n) is 11.0. The number of ether oxygens (including phenoxy) is 1. The smallest absolute Gasteiger partial charge is 0.275 e. The third kappa shape index (κ3) is 6.60. The summed E-state index contributed by atoms with van der Waals surface area (Å²) in [5, 5.41) is 2.95. The van der Waals surface area contributed by atoms with Gasteiger partial charge in [0.15, 0.2) is 0 Å². The number of carbonyl (C=O) groups is 2. The summed E-state index contributed by atoms with van der Waals surface area (Å²) in [6.45, 7) is 12.9. The summed E-state index contributed by atoms with van der Waals surface area (Å²) in [4.78, 5) is 44.5. The van der Waals surface area contributed by atoms with Gasteiger partial charge < -0.3 is 24.5 Å². The Morgan fingerprint density at radius 3 is 2.33 bits per heavy atom. The average Bonchev–Trinajstić information content (AvgIpc) is 3.67. The Bertz CT molecular complexity index is 2710. The average molecular weight is 801 g/mol. The third-order valence-corrected chi connectivity index (χ3v) is 11.9. The predicted molar refractivity (Wildman–Crippen MR) is 227 cm³/mol. The van der Waals surface area contributed by atoms with E-state index in [0.717, 1.165) is 83.0 Å². The minimum atomic E-state index is -0.629. The number of anilines is 1. The number of benzene rings is 3. The maximum atomic E-state index is 15.5. The van der Waals surface area contributed by atoms with E-state index in [9.17, 15) is 4.79 Å². The molecule has 0 bridgehead atoms. The number of pyridine rings is 1. The van der Waals surface area contributed by atoms with E-state index < -0.39 is 5.91 Å². The monoisotopic (exact) mass is 799 g/mol. The second kappa shape index (κ2) is 15.0. The van der Waals surface area contributed by atoms with E-state index in [4.69, 9.17) is 33.7 Å². The zero-order valence-electron chi connectivity index (χ0n) is 32.8. The van der Waals surface area contributed by atoms with E-state index >= 15 is 4.79 Å². The van der Waals surface area contributed by atoms with Crippen LogP contribution in [0.4, 0.5) is 5.69 Å². The lowest BCUT2D eigenvalue weighted by molar-refractivity contribution is 0.0957. The van der Waals surface area contributed by atoms with Crippen LogP contribution >= 0.6 is 23.2 Å². The second-order valence-corrected chi connectivity index (χ2v) is 15.8. The standard InChI is InChI=1S/C45H43Cl2N7O3/c1-24-12-15-36-34(18-24)41(43(44(48)55)52(36)22-30-10-7-8-16-49-30)53-21-27(4)54-40-33(13-14-35(46)38(40)37-28(5)50-23-51-29(37)6)32(42(54)45(53)56)11-9-17-57-31-19-25(2)39(47)26(3)20-31/h7-8,10,12-16,18-20,23,27H,9,11,17,21-22H2,1-6H3,(H2,48,55)/t27-/m1/s1. The molecule has 1 atom stereocenters. The Balaban J connectivity index is 1.31. The van der Waals surface area contributed by atoms with Crippen LogP contribution in [0.15, 0.2) is 73.2 Å². The minimum Gasteiger partial charge on any atom is -0.494 e. The zero-order chi connectivity index (χ0) is 40.3. The Morgan fingerprint density at radius 1 is 0.912 bits per heavy atom. The lowest BCUT2D eigenvalue weighted by atomic mass is 9.97. The largest absolute Gasteiger partial charge is 0.494 e. The van der Waals surface area contributed by atoms with Crippen molar-refractivity contribution < 1.29 is 14.3 Å². The van der Waals surface area contributed by atoms with Crippen LogP contribution in [0.25, 0.3) is 32.9 Å². The summed E-state index contributed by atoms with van der Waals surface area (Å²) < 4.78 is 10.3. The molecule has 0 unspecified atom stereocenters. The van der Waals surface area contributed by atoms with Crippen molar-refractivity contribution in [3.8, 4) is 16.9 Å². The van der Waals surface area contributed by atoms with Gasteiger partial charge in [0.05, 0.1) is 40.6 Å². The van der Waals surface area contributed by atoms with Gasteiger partial charge in [0.25, 0.3) is 11.8 Å². The highest BCUT2D eigenvalue weighted by atomic mass is 35.5. The highest BCUT2D eigenvalue weighted by Gasteiger charge is 2.39. The number of nitrogens with two attached hydrogens (primary N) is 1. The van der Waals surface area contributed by atoms with Crippen LogP contribution in [0, 0.1) is 34.6 Å². The molecule has 12 heteroatoms. The quantitative estimate of drug-likeness (QED) is 0.138. The van der Waals surface area contributed by atoms with Gasteiger partial charge in [0.2, 0.25) is 0 Å². The molecule has 57 heavy (non-hydrogen) atoms. The molecule has 0 saturated carbocycles. The molecule has 0 spiro atoms. The number of hydrogen-bond acceptors (Lipinski definition) is 6. The molecule has 8 rings (SSSR count). The number of primary amides is 1. The molecule has 7 aromatic rings. The molecule has 4 aromatic heterocycles. The number of carbonyl (C=O) groups excluding carboxylic acids is 2. The van der Waals surface area contributed by atoms with Crippen molar-refractivity contribution in [2.45, 2.75) is 67.0 Å². The normalized spacial score (nSPS) is 14.1. The highest BCUT2D eigenvalue weighted by Crippen LogP contribution is 2.46. The first-order valence-electron chi connectivity index (χ1n) is 19.0. The van der Waals surface area contributed by atoms with Crippen molar-refractivity contribution in [3.05, 3.63) is 134 Å². The van der Waals surface area contributed by atoms with Crippen LogP contribution in [0.2, 0.25) is 10.0 Å². The summed E-state index contributed by atoms with van der Waals surface area (Å²) in [6, 6.07) is 19.2. The van der Waals surface area contributed by atoms with Crippen molar-refractivity contribution >= 4 is 62.5 Å². The lowest BCUT2D eigenvalue weighted by Crippen LogP contribution is -2.43. The van der Waals surface area contributed by atoms with Crippen LogP contribution < -0.4 is 15.4 Å². The van der Waals surface area contributed by atoms with Crippen LogP contribution in [0.3, 0.4) is 0 Å². The van der Waals surface area contributed by atoms with Gasteiger partial charge >= 0.3 is 0 Å². The van der Waals surface area contributed by atoms with Crippen molar-refractivity contribution in [1.29, 1.82) is 0 Å². The Hall–Kier alpha value is -5.71. The van der Waals surface area contributed by atoms with Crippen LogP contribution in [0.5, 0.6) is 5.75 Å². The van der Waals surface area contributed by atoms with Gasteiger partial charge in [0, 0.05) is 57.1 Å². The molecule has 10 nitrogen and oxygen atoms in total. The van der Waals surface area contributed by atoms with E-state index in [1.807, 2.05) is 99.8 Å². The molecular weight excluding hydrogens is 757 g/mol. The van der Waals surface area contributed by atoms with Crippen molar-refractivity contribution in [1.82, 2.24) is 24.1 Å². The summed E-state index contributed by atoms with van der Waals surface area (Å²) in [5.74, 6) is -0.116. The predicted octanol–water partition coefficient (Wildman–Crippen LogP) is 9.68. The van der Waals surface area contributed by atoms with Crippen LogP contribution in [-0.2, 0) is 13.0 Å². The minimum absolute atomic E-state index is 0.232. The molecule has 0 fully saturated rings. The first kappa shape index (κ1) is 38.2. The van der Waals surface area contributed by atoms with Gasteiger partial charge in [-0.1, -0.05) is 47.0 Å². The van der Waals surface area contributed by atoms with E-state index in [0.29, 0.717) is 42.4 Å². The van der Waals surface area contributed by atoms with Gasteiger partial charge in [-0.2, -0.15) is 0 Å². The summed E-state index contributed by atoms with van der Waals surface area (Å²) in [5.41, 5.74) is 16.9. The fourth-order valence-corrected chi connectivity index (χ4v) is 8.89. The summed E-state index contributed by atoms with van der Waals surface area (Å²) in [6.07, 6.45) is 4.43. The first-order valence-corrected chi connectivity index (χ1v) is 19.8. The van der Waals surface area contributed by atoms with Crippen molar-refractivity contribution in [2.24, 2.45) is 5.73 Å². The molecule has 1 aliphatic rings. The van der Waals surface area contributed by atoms with Gasteiger partial charge in [-0.05, 0) is 114 Å². The zero-order valence-corrected chi connectivity index (χ0v) is 34.3. The SMILES string of the molecule is Cc1ccc2c(c1)c(N1C[C@@H](C)n3c(c(CCCOc4cc(C)c(Cl)c(C)c4)c4ccc(Cl)c(-c5c(C)ncnc5C)c43)C1=O)c(C(N)=O)n2Cc1ccccn1. The van der Waals surface area contributed by atoms with Crippen LogP contribution in [-0.4, -0.2) is 49.1 Å². The molecule has 1 aliphatic heterocycles. The van der Waals surface area contributed by atoms with Crippen molar-refractivity contribution in [2.75, 3.05) is 18.1 Å². The van der Waals surface area contributed by atoms with Gasteiger partial charge in [0.1, 0.15) is 23.5 Å². The van der Waals surface area contributed by atoms with Crippen molar-refractivity contribution in [3.63, 3.8) is 0 Å². The number of nitrogens with zero attached hydrogens (tertiary/aromatic N) is 6. The van der Waals surface area contributed by atoms with E-state index in [2.05, 4.69) is 26.4 Å². The second-order valence-electron chi connectivity index (χ2n) is 15.0. The molecule has 2 amide bonds. The number of fused-ring (bicyclic) bond motifs is 4. The van der Waals surface area contributed by atoms with Gasteiger partial charge in [-0.15, -0.1) is 0 Å². The molecular formula is C45H43Cl2N7O3. The molecule has 290 valence electrons. The summed E-state index contributed by atoms with van der Waals surface area (Å²) >= 11 is 13.6. The van der Waals surface area contributed by atoms with E-state index in [1.54, 1.807) is 17.4 Å². The number of aryl methyl sites for hydroxylation is 6. The lowest BCUT2D eigenvalue weighted by Gasteiger charge is -2.34. The molecule has 0 aliphatic carbocycles.